The minimum Gasteiger partial charge on any atom is -0.316 e. The number of hydrogen-bond donors (Lipinski definition) is 1. The fraction of sp³-hybridized carbons (Fsp3) is 0.250. The van der Waals surface area contributed by atoms with E-state index in [1.807, 2.05) is 0 Å². The van der Waals surface area contributed by atoms with Crippen LogP contribution in [-0.2, 0) is 12.8 Å². The second-order valence-electron chi connectivity index (χ2n) is 4.84. The van der Waals surface area contributed by atoms with Crippen LogP contribution in [0.2, 0.25) is 0 Å². The van der Waals surface area contributed by atoms with Gasteiger partial charge in [0.15, 0.2) is 0 Å². The lowest BCUT2D eigenvalue weighted by Gasteiger charge is -2.17. The van der Waals surface area contributed by atoms with Crippen molar-refractivity contribution in [2.75, 3.05) is 7.05 Å². The maximum absolute atomic E-state index is 14.0. The number of hydrogen-bond acceptors (Lipinski definition) is 1. The molecule has 0 fully saturated rings. The Morgan fingerprint density at radius 3 is 2.29 bits per heavy atom. The fourth-order valence-corrected chi connectivity index (χ4v) is 2.56. The van der Waals surface area contributed by atoms with Gasteiger partial charge in [-0.05, 0) is 65.6 Å². The van der Waals surface area contributed by atoms with Gasteiger partial charge in [-0.15, -0.1) is 0 Å². The van der Waals surface area contributed by atoms with E-state index in [0.29, 0.717) is 6.42 Å². The molecule has 0 spiro atoms. The number of likely N-dealkylation sites (N-methyl/N-ethyl adjacent to an activating group) is 1. The van der Waals surface area contributed by atoms with Crippen LogP contribution >= 0.6 is 15.9 Å². The zero-order valence-corrected chi connectivity index (χ0v) is 13.1. The number of benzene rings is 2. The fourth-order valence-electron chi connectivity index (χ4n) is 2.18. The van der Waals surface area contributed by atoms with E-state index in [0.717, 1.165) is 5.56 Å². The summed E-state index contributed by atoms with van der Waals surface area (Å²) >= 11 is 3.06. The Morgan fingerprint density at radius 2 is 1.67 bits per heavy atom. The van der Waals surface area contributed by atoms with E-state index in [9.17, 15) is 13.2 Å². The predicted octanol–water partition coefficient (Wildman–Crippen LogP) is 4.24. The SMILES string of the molecule is CNC(Cc1ccc(F)cc1)Cc1c(F)ccc(Br)c1F. The second-order valence-corrected chi connectivity index (χ2v) is 5.70. The van der Waals surface area contributed by atoms with Crippen LogP contribution < -0.4 is 5.32 Å². The van der Waals surface area contributed by atoms with Gasteiger partial charge in [0.2, 0.25) is 0 Å². The van der Waals surface area contributed by atoms with Gasteiger partial charge >= 0.3 is 0 Å². The molecule has 0 aliphatic rings. The van der Waals surface area contributed by atoms with Crippen molar-refractivity contribution in [1.82, 2.24) is 5.32 Å². The van der Waals surface area contributed by atoms with E-state index in [4.69, 9.17) is 0 Å². The Balaban J connectivity index is 2.16. The summed E-state index contributed by atoms with van der Waals surface area (Å²) in [5.41, 5.74) is 0.956. The van der Waals surface area contributed by atoms with Gasteiger partial charge in [0, 0.05) is 11.6 Å². The molecule has 1 nitrogen and oxygen atoms in total. The maximum atomic E-state index is 14.0. The first-order valence-electron chi connectivity index (χ1n) is 6.55. The molecule has 112 valence electrons. The monoisotopic (exact) mass is 357 g/mol. The number of rotatable bonds is 5. The predicted molar refractivity (Wildman–Crippen MR) is 80.7 cm³/mol. The summed E-state index contributed by atoms with van der Waals surface area (Å²) in [6.07, 6.45) is 0.771. The smallest absolute Gasteiger partial charge is 0.143 e. The topological polar surface area (TPSA) is 12.0 Å². The molecule has 0 aromatic heterocycles. The molecule has 1 atom stereocenters. The zero-order valence-electron chi connectivity index (χ0n) is 11.5. The lowest BCUT2D eigenvalue weighted by atomic mass is 9.98. The van der Waals surface area contributed by atoms with E-state index in [1.54, 1.807) is 19.2 Å². The Bertz CT molecular complexity index is 614. The molecule has 2 aromatic carbocycles. The molecule has 1 N–H and O–H groups in total. The van der Waals surface area contributed by atoms with Gasteiger partial charge in [0.05, 0.1) is 4.47 Å². The molecule has 0 aliphatic carbocycles. The van der Waals surface area contributed by atoms with Crippen LogP contribution in [0.15, 0.2) is 40.9 Å². The molecular weight excluding hydrogens is 343 g/mol. The van der Waals surface area contributed by atoms with Crippen LogP contribution in [0.25, 0.3) is 0 Å². The standard InChI is InChI=1S/C16H15BrF3N/c1-21-12(8-10-2-4-11(18)5-3-10)9-13-15(19)7-6-14(17)16(13)20/h2-7,12,21H,8-9H2,1H3. The first kappa shape index (κ1) is 16.0. The molecule has 2 aromatic rings. The summed E-state index contributed by atoms with van der Waals surface area (Å²) in [5, 5.41) is 3.05. The summed E-state index contributed by atoms with van der Waals surface area (Å²) in [6, 6.07) is 8.55. The highest BCUT2D eigenvalue weighted by Gasteiger charge is 2.17. The van der Waals surface area contributed by atoms with Gasteiger partial charge < -0.3 is 5.32 Å². The molecule has 5 heteroatoms. The van der Waals surface area contributed by atoms with Crippen molar-refractivity contribution in [3.63, 3.8) is 0 Å². The van der Waals surface area contributed by atoms with Crippen LogP contribution in [-0.4, -0.2) is 13.1 Å². The van der Waals surface area contributed by atoms with Gasteiger partial charge in [0.25, 0.3) is 0 Å². The van der Waals surface area contributed by atoms with E-state index in [-0.39, 0.29) is 28.3 Å². The second kappa shape index (κ2) is 7.09. The molecular formula is C16H15BrF3N. The molecule has 0 heterocycles. The van der Waals surface area contributed by atoms with Crippen molar-refractivity contribution in [2.24, 2.45) is 0 Å². The van der Waals surface area contributed by atoms with Crippen molar-refractivity contribution in [3.05, 3.63) is 69.4 Å². The van der Waals surface area contributed by atoms with Gasteiger partial charge in [0.1, 0.15) is 17.5 Å². The van der Waals surface area contributed by atoms with Crippen molar-refractivity contribution >= 4 is 15.9 Å². The van der Waals surface area contributed by atoms with Gasteiger partial charge in [-0.3, -0.25) is 0 Å². The Kier molecular flexibility index (Phi) is 5.42. The third-order valence-electron chi connectivity index (χ3n) is 3.39. The highest BCUT2D eigenvalue weighted by molar-refractivity contribution is 9.10. The van der Waals surface area contributed by atoms with E-state index < -0.39 is 11.6 Å². The minimum absolute atomic E-state index is 0.0471. The van der Waals surface area contributed by atoms with Crippen LogP contribution in [0.5, 0.6) is 0 Å². The van der Waals surface area contributed by atoms with Gasteiger partial charge in [-0.1, -0.05) is 12.1 Å². The molecule has 0 aliphatic heterocycles. The van der Waals surface area contributed by atoms with Crippen molar-refractivity contribution in [1.29, 1.82) is 0 Å². The van der Waals surface area contributed by atoms with Crippen LogP contribution in [0.1, 0.15) is 11.1 Å². The minimum atomic E-state index is -0.575. The summed E-state index contributed by atoms with van der Waals surface area (Å²) in [7, 11) is 1.74. The van der Waals surface area contributed by atoms with Crippen molar-refractivity contribution in [2.45, 2.75) is 18.9 Å². The Hall–Kier alpha value is -1.33. The highest BCUT2D eigenvalue weighted by Crippen LogP contribution is 2.23. The third kappa shape index (κ3) is 4.08. The van der Waals surface area contributed by atoms with Crippen molar-refractivity contribution < 1.29 is 13.2 Å². The zero-order chi connectivity index (χ0) is 15.4. The first-order chi connectivity index (χ1) is 10.0. The maximum Gasteiger partial charge on any atom is 0.143 e. The average molecular weight is 358 g/mol. The van der Waals surface area contributed by atoms with E-state index in [1.165, 1.54) is 24.3 Å². The lowest BCUT2D eigenvalue weighted by Crippen LogP contribution is -2.30. The molecule has 0 radical (unpaired) electrons. The van der Waals surface area contributed by atoms with E-state index >= 15 is 0 Å². The molecule has 2 rings (SSSR count). The Morgan fingerprint density at radius 1 is 1.00 bits per heavy atom. The highest BCUT2D eigenvalue weighted by atomic mass is 79.9. The summed E-state index contributed by atoms with van der Waals surface area (Å²) < 4.78 is 40.9. The van der Waals surface area contributed by atoms with Crippen LogP contribution in [0, 0.1) is 17.5 Å². The van der Waals surface area contributed by atoms with Crippen LogP contribution in [0.4, 0.5) is 13.2 Å². The number of halogens is 4. The molecule has 0 bridgehead atoms. The summed E-state index contributed by atoms with van der Waals surface area (Å²) in [5.74, 6) is -1.44. The van der Waals surface area contributed by atoms with Gasteiger partial charge in [-0.2, -0.15) is 0 Å². The summed E-state index contributed by atoms with van der Waals surface area (Å²) in [6.45, 7) is 0. The number of nitrogens with one attached hydrogen (secondary N) is 1. The van der Waals surface area contributed by atoms with Crippen molar-refractivity contribution in [3.8, 4) is 0 Å². The molecule has 0 saturated carbocycles. The summed E-state index contributed by atoms with van der Waals surface area (Å²) in [4.78, 5) is 0. The third-order valence-corrected chi connectivity index (χ3v) is 4.01. The lowest BCUT2D eigenvalue weighted by molar-refractivity contribution is 0.499. The molecule has 0 saturated heterocycles. The Labute approximate surface area is 130 Å². The quantitative estimate of drug-likeness (QED) is 0.789. The largest absolute Gasteiger partial charge is 0.316 e. The normalized spacial score (nSPS) is 12.4. The van der Waals surface area contributed by atoms with Gasteiger partial charge in [-0.25, -0.2) is 13.2 Å². The van der Waals surface area contributed by atoms with E-state index in [2.05, 4.69) is 21.2 Å². The first-order valence-corrected chi connectivity index (χ1v) is 7.34. The average Bonchev–Trinajstić information content (AvgIpc) is 2.48. The molecule has 21 heavy (non-hydrogen) atoms. The van der Waals surface area contributed by atoms with Crippen LogP contribution in [0.3, 0.4) is 0 Å². The molecule has 0 amide bonds. The molecule has 1 unspecified atom stereocenters.